The highest BCUT2D eigenvalue weighted by Gasteiger charge is 2.34. The summed E-state index contributed by atoms with van der Waals surface area (Å²) in [6, 6.07) is 11.0. The first-order chi connectivity index (χ1) is 16.4. The number of hydrogen-bond donors (Lipinski definition) is 0. The van der Waals surface area contributed by atoms with Gasteiger partial charge < -0.3 is 4.74 Å². The summed E-state index contributed by atoms with van der Waals surface area (Å²) in [5.74, 6) is -3.07. The molecule has 0 amide bonds. The summed E-state index contributed by atoms with van der Waals surface area (Å²) >= 11 is 0. The fourth-order valence-electron chi connectivity index (χ4n) is 2.92. The largest absolute Gasteiger partial charge is 0.433 e. The molecule has 0 radical (unpaired) electrons. The highest BCUT2D eigenvalue weighted by Crippen LogP contribution is 2.32. The van der Waals surface area contributed by atoms with Crippen LogP contribution in [0.1, 0.15) is 11.4 Å². The van der Waals surface area contributed by atoms with Gasteiger partial charge in [0.2, 0.25) is 23.7 Å². The molecule has 0 fully saturated rings. The van der Waals surface area contributed by atoms with Crippen LogP contribution < -0.4 is 4.74 Å². The van der Waals surface area contributed by atoms with E-state index in [0.717, 1.165) is 12.1 Å². The van der Waals surface area contributed by atoms with E-state index >= 15 is 0 Å². The second-order valence-corrected chi connectivity index (χ2v) is 6.89. The predicted octanol–water partition coefficient (Wildman–Crippen LogP) is 6.71. The molecule has 35 heavy (non-hydrogen) atoms. The molecule has 0 N–H and O–H groups in total. The van der Waals surface area contributed by atoms with Gasteiger partial charge in [-0.2, -0.15) is 35.1 Å². The lowest BCUT2D eigenvalue weighted by Gasteiger charge is -2.10. The molecule has 0 aliphatic carbocycles. The van der Waals surface area contributed by atoms with Gasteiger partial charge in [-0.15, -0.1) is 0 Å². The molecule has 4 heterocycles. The van der Waals surface area contributed by atoms with Crippen LogP contribution in [0.2, 0.25) is 0 Å². The fourth-order valence-corrected chi connectivity index (χ4v) is 2.92. The highest BCUT2D eigenvalue weighted by atomic mass is 19.4. The van der Waals surface area contributed by atoms with Crippen LogP contribution in [0.25, 0.3) is 22.5 Å². The lowest BCUT2D eigenvalue weighted by atomic mass is 10.1. The number of pyridine rings is 4. The van der Waals surface area contributed by atoms with Crippen molar-refractivity contribution in [2.24, 2.45) is 0 Å². The molecule has 4 aromatic rings. The third kappa shape index (κ3) is 5.34. The summed E-state index contributed by atoms with van der Waals surface area (Å²) in [4.78, 5) is 13.9. The Labute approximate surface area is 191 Å². The fraction of sp³-hybridized carbons (Fsp3) is 0.0909. The molecule has 0 bridgehead atoms. The molecule has 5 nitrogen and oxygen atoms in total. The number of nitrogens with zero attached hydrogens (tertiary/aromatic N) is 4. The second-order valence-electron chi connectivity index (χ2n) is 6.89. The van der Waals surface area contributed by atoms with Gasteiger partial charge >= 0.3 is 12.4 Å². The quantitative estimate of drug-likeness (QED) is 0.231. The average Bonchev–Trinajstić information content (AvgIpc) is 2.78. The van der Waals surface area contributed by atoms with Gasteiger partial charge in [0.1, 0.15) is 11.4 Å². The number of aromatic nitrogens is 4. The smallest absolute Gasteiger partial charge is 0.421 e. The van der Waals surface area contributed by atoms with Gasteiger partial charge in [0.25, 0.3) is 0 Å². The minimum Gasteiger partial charge on any atom is -0.421 e. The van der Waals surface area contributed by atoms with Crippen molar-refractivity contribution in [1.29, 1.82) is 0 Å². The number of ether oxygens (including phenoxy) is 1. The van der Waals surface area contributed by atoms with Crippen molar-refractivity contribution in [3.05, 3.63) is 83.9 Å². The van der Waals surface area contributed by atoms with Gasteiger partial charge in [-0.05, 0) is 36.4 Å². The van der Waals surface area contributed by atoms with E-state index in [0.29, 0.717) is 12.1 Å². The molecule has 0 aliphatic rings. The summed E-state index contributed by atoms with van der Waals surface area (Å²) in [6.45, 7) is 0. The zero-order chi connectivity index (χ0) is 25.4. The maximum atomic E-state index is 14.2. The maximum Gasteiger partial charge on any atom is 0.433 e. The average molecular weight is 498 g/mol. The Morgan fingerprint density at radius 1 is 0.514 bits per heavy atom. The van der Waals surface area contributed by atoms with Gasteiger partial charge in [-0.1, -0.05) is 12.1 Å². The Morgan fingerprint density at radius 3 is 1.26 bits per heavy atom. The lowest BCUT2D eigenvalue weighted by Crippen LogP contribution is -2.09. The van der Waals surface area contributed by atoms with E-state index in [1.165, 1.54) is 36.4 Å². The monoisotopic (exact) mass is 498 g/mol. The molecule has 0 aromatic carbocycles. The van der Waals surface area contributed by atoms with Crippen LogP contribution in [-0.4, -0.2) is 19.9 Å². The van der Waals surface area contributed by atoms with E-state index in [9.17, 15) is 35.1 Å². The Hall–Kier alpha value is -4.16. The topological polar surface area (TPSA) is 60.8 Å². The number of rotatable bonds is 4. The molecule has 180 valence electrons. The normalized spacial score (nSPS) is 12.0. The summed E-state index contributed by atoms with van der Waals surface area (Å²) in [5, 5.41) is 0. The molecule has 13 heteroatoms. The third-order valence-corrected chi connectivity index (χ3v) is 4.49. The molecule has 0 saturated carbocycles. The van der Waals surface area contributed by atoms with Crippen molar-refractivity contribution in [3.63, 3.8) is 0 Å². The Morgan fingerprint density at radius 2 is 0.914 bits per heavy atom. The van der Waals surface area contributed by atoms with Crippen LogP contribution >= 0.6 is 0 Å². The predicted molar refractivity (Wildman–Crippen MR) is 105 cm³/mol. The zero-order valence-corrected chi connectivity index (χ0v) is 17.0. The summed E-state index contributed by atoms with van der Waals surface area (Å²) in [5.41, 5.74) is -3.62. The van der Waals surface area contributed by atoms with E-state index in [1.54, 1.807) is 0 Å². The number of halogens is 8. The minimum atomic E-state index is -4.82. The number of hydrogen-bond acceptors (Lipinski definition) is 5. The molecule has 0 saturated heterocycles. The van der Waals surface area contributed by atoms with E-state index in [4.69, 9.17) is 4.74 Å². The van der Waals surface area contributed by atoms with Crippen LogP contribution in [0.5, 0.6) is 11.8 Å². The van der Waals surface area contributed by atoms with Gasteiger partial charge in [0, 0.05) is 12.1 Å². The molecule has 0 spiro atoms. The van der Waals surface area contributed by atoms with Gasteiger partial charge in [-0.3, -0.25) is 0 Å². The van der Waals surface area contributed by atoms with Crippen LogP contribution in [0.4, 0.5) is 35.1 Å². The van der Waals surface area contributed by atoms with Crippen molar-refractivity contribution in [3.8, 4) is 34.3 Å². The van der Waals surface area contributed by atoms with Crippen molar-refractivity contribution >= 4 is 0 Å². The maximum absolute atomic E-state index is 14.2. The van der Waals surface area contributed by atoms with Crippen LogP contribution in [0.15, 0.2) is 60.7 Å². The van der Waals surface area contributed by atoms with Crippen molar-refractivity contribution in [2.45, 2.75) is 12.4 Å². The lowest BCUT2D eigenvalue weighted by molar-refractivity contribution is -0.142. The van der Waals surface area contributed by atoms with Gasteiger partial charge in [-0.25, -0.2) is 19.9 Å². The molecule has 0 unspecified atom stereocenters. The summed E-state index contributed by atoms with van der Waals surface area (Å²) in [6.07, 6.45) is -9.65. The second kappa shape index (κ2) is 8.89. The molecular formula is C22H10F8N4O. The van der Waals surface area contributed by atoms with Crippen molar-refractivity contribution < 1.29 is 39.9 Å². The van der Waals surface area contributed by atoms with Crippen LogP contribution in [0.3, 0.4) is 0 Å². The first kappa shape index (κ1) is 24.0. The van der Waals surface area contributed by atoms with Crippen LogP contribution in [0, 0.1) is 11.9 Å². The SMILES string of the molecule is Fc1nc(C(F)(F)F)ccc1-c1cccc(Oc2cccc(-c3ccc(C(F)(F)F)nc3F)n2)n1. The van der Waals surface area contributed by atoms with E-state index in [-0.39, 0.29) is 34.3 Å². The Kier molecular flexibility index (Phi) is 6.09. The van der Waals surface area contributed by atoms with Crippen molar-refractivity contribution in [1.82, 2.24) is 19.9 Å². The molecule has 0 aliphatic heterocycles. The van der Waals surface area contributed by atoms with Gasteiger partial charge in [0.15, 0.2) is 0 Å². The first-order valence-electron chi connectivity index (χ1n) is 9.52. The molecule has 4 rings (SSSR count). The van der Waals surface area contributed by atoms with E-state index in [2.05, 4.69) is 19.9 Å². The highest BCUT2D eigenvalue weighted by molar-refractivity contribution is 5.60. The minimum absolute atomic E-state index is 0.0876. The van der Waals surface area contributed by atoms with Crippen molar-refractivity contribution in [2.75, 3.05) is 0 Å². The number of alkyl halides is 6. The van der Waals surface area contributed by atoms with E-state index in [1.807, 2.05) is 0 Å². The molecular weight excluding hydrogens is 488 g/mol. The Bertz CT molecular complexity index is 1280. The van der Waals surface area contributed by atoms with E-state index < -0.39 is 35.6 Å². The third-order valence-electron chi connectivity index (χ3n) is 4.49. The standard InChI is InChI=1S/C22H10F8N4O/c23-19-11(7-9-15(33-19)21(25,26)27)13-3-1-5-17(31-13)35-18-6-2-4-14(32-18)12-8-10-16(22(28,29)30)34-20(12)24/h1-10H. The Balaban J connectivity index is 1.60. The molecule has 0 atom stereocenters. The summed E-state index contributed by atoms with van der Waals surface area (Å²) in [7, 11) is 0. The molecule has 4 aromatic heterocycles. The van der Waals surface area contributed by atoms with Gasteiger partial charge in [0.05, 0.1) is 22.5 Å². The summed E-state index contributed by atoms with van der Waals surface area (Å²) < 4.78 is 110. The first-order valence-corrected chi connectivity index (χ1v) is 9.52. The van der Waals surface area contributed by atoms with Crippen LogP contribution in [-0.2, 0) is 12.4 Å². The zero-order valence-electron chi connectivity index (χ0n) is 17.0.